The average Bonchev–Trinajstić information content (AvgIpc) is 2.06. The third-order valence-electron chi connectivity index (χ3n) is 3.62. The molecule has 0 aromatic carbocycles. The van der Waals surface area contributed by atoms with Crippen molar-refractivity contribution in [1.82, 2.24) is 0 Å². The Balaban J connectivity index is 0.00000121. The Kier molecular flexibility index (Phi) is 6.51. The maximum Gasteiger partial charge on any atom is 0.364 e. The normalized spacial score (nSPS) is 19.6. The summed E-state index contributed by atoms with van der Waals surface area (Å²) in [5.41, 5.74) is 0. The topological polar surface area (TPSA) is 0 Å². The van der Waals surface area contributed by atoms with Gasteiger partial charge in [-0.25, -0.2) is 0 Å². The van der Waals surface area contributed by atoms with Crippen LogP contribution in [0.3, 0.4) is 0 Å². The van der Waals surface area contributed by atoms with Crippen LogP contribution in [-0.4, -0.2) is 29.2 Å². The zero-order chi connectivity index (χ0) is 8.32. The van der Waals surface area contributed by atoms with Crippen molar-refractivity contribution >= 4 is 41.6 Å². The Morgan fingerprint density at radius 2 is 1.58 bits per heavy atom. The molecule has 0 saturated carbocycles. The fourth-order valence-corrected chi connectivity index (χ4v) is 9.12. The lowest BCUT2D eigenvalue weighted by Gasteiger charge is -2.35. The largest absolute Gasteiger partial charge is 0.364 e. The fourth-order valence-electron chi connectivity index (χ4n) is 2.17. The van der Waals surface area contributed by atoms with Crippen LogP contribution in [0.25, 0.3) is 0 Å². The summed E-state index contributed by atoms with van der Waals surface area (Å²) in [5.74, 6) is 0. The van der Waals surface area contributed by atoms with Gasteiger partial charge in [0, 0.05) is 8.80 Å². The number of rotatable bonds is 2. The predicted molar refractivity (Wildman–Crippen MR) is 63.5 cm³/mol. The maximum atomic E-state index is 2.56. The minimum atomic E-state index is -0.274. The van der Waals surface area contributed by atoms with E-state index < -0.39 is 0 Å². The average molecular weight is 217 g/mol. The molecule has 3 heteroatoms. The van der Waals surface area contributed by atoms with Gasteiger partial charge in [0.2, 0.25) is 0 Å². The van der Waals surface area contributed by atoms with E-state index in [1.807, 2.05) is 0 Å². The summed E-state index contributed by atoms with van der Waals surface area (Å²) in [7, 11) is -0.274. The Bertz CT molecular complexity index is 122. The second-order valence-electron chi connectivity index (χ2n) is 4.68. The summed E-state index contributed by atoms with van der Waals surface area (Å²) >= 11 is 0.259. The van der Waals surface area contributed by atoms with Gasteiger partial charge in [-0.15, -0.1) is 15.6 Å². The van der Waals surface area contributed by atoms with E-state index in [0.717, 1.165) is 3.17 Å². The second-order valence-corrected chi connectivity index (χ2v) is 12.1. The first-order chi connectivity index (χ1) is 5.17. The van der Waals surface area contributed by atoms with Crippen LogP contribution < -0.4 is 0 Å². The van der Waals surface area contributed by atoms with E-state index in [1.54, 1.807) is 24.9 Å². The van der Waals surface area contributed by atoms with Crippen molar-refractivity contribution in [2.75, 3.05) is 0 Å². The second kappa shape index (κ2) is 5.89. The van der Waals surface area contributed by atoms with Crippen molar-refractivity contribution in [2.45, 2.75) is 53.4 Å². The minimum absolute atomic E-state index is 0. The predicted octanol–water partition coefficient (Wildman–Crippen LogP) is 3.31. The first kappa shape index (κ1) is 13.3. The van der Waals surface area contributed by atoms with Crippen LogP contribution in [-0.2, 0) is 0 Å². The van der Waals surface area contributed by atoms with E-state index >= 15 is 0 Å². The molecule has 1 aliphatic rings. The molecular formula is C9H21ClMgSi. The van der Waals surface area contributed by atoms with Crippen molar-refractivity contribution in [3.8, 4) is 0 Å². The fraction of sp³-hybridized carbons (Fsp3) is 1.00. The van der Waals surface area contributed by atoms with Crippen LogP contribution in [0.2, 0.25) is 20.3 Å². The highest BCUT2D eigenvalue weighted by Gasteiger charge is 2.30. The summed E-state index contributed by atoms with van der Waals surface area (Å²) in [6.07, 6.45) is 4.66. The molecule has 0 amide bonds. The quantitative estimate of drug-likeness (QED) is 0.622. The highest BCUT2D eigenvalue weighted by Crippen LogP contribution is 2.36. The van der Waals surface area contributed by atoms with Crippen LogP contribution in [0.5, 0.6) is 0 Å². The van der Waals surface area contributed by atoms with Gasteiger partial charge in [0.25, 0.3) is 0 Å². The standard InChI is InChI=1S/C8H17Si.CH3.ClH.Mg/c1-8(2)9-6-4-3-5-7-9;;;/h9H,3-7H2,1-2H3;1H3;1H;. The molecule has 1 heterocycles. The molecule has 0 radical (unpaired) electrons. The van der Waals surface area contributed by atoms with Gasteiger partial charge in [-0.2, -0.15) is 5.05 Å². The molecule has 0 bridgehead atoms. The van der Waals surface area contributed by atoms with Gasteiger partial charge in [0.15, 0.2) is 0 Å². The van der Waals surface area contributed by atoms with Crippen LogP contribution >= 0.6 is 12.4 Å². The van der Waals surface area contributed by atoms with Gasteiger partial charge < -0.3 is 0 Å². The summed E-state index contributed by atoms with van der Waals surface area (Å²) < 4.78 is 0.889. The van der Waals surface area contributed by atoms with Gasteiger partial charge in [0.05, 0.1) is 0 Å². The van der Waals surface area contributed by atoms with Crippen molar-refractivity contribution in [2.24, 2.45) is 0 Å². The summed E-state index contributed by atoms with van der Waals surface area (Å²) in [4.78, 5) is 0. The van der Waals surface area contributed by atoms with Crippen LogP contribution in [0, 0.1) is 0 Å². The molecule has 70 valence electrons. The van der Waals surface area contributed by atoms with Crippen molar-refractivity contribution < 1.29 is 0 Å². The summed E-state index contributed by atoms with van der Waals surface area (Å²) in [6, 6.07) is 3.32. The lowest BCUT2D eigenvalue weighted by atomic mass is 10.3. The van der Waals surface area contributed by atoms with E-state index in [1.165, 1.54) is 6.42 Å². The molecule has 0 spiro atoms. The van der Waals surface area contributed by atoms with Crippen molar-refractivity contribution in [3.05, 3.63) is 0 Å². The van der Waals surface area contributed by atoms with E-state index in [9.17, 15) is 0 Å². The molecule has 0 aromatic heterocycles. The van der Waals surface area contributed by atoms with Gasteiger partial charge >= 0.3 is 20.4 Å². The molecule has 12 heavy (non-hydrogen) atoms. The summed E-state index contributed by atoms with van der Waals surface area (Å²) in [5, 5.41) is 2.50. The molecule has 0 aliphatic carbocycles. The minimum Gasteiger partial charge on any atom is -0.157 e. The molecule has 1 saturated heterocycles. The van der Waals surface area contributed by atoms with Crippen LogP contribution in [0.4, 0.5) is 0 Å². The molecule has 0 N–H and O–H groups in total. The molecule has 1 aliphatic heterocycles. The Morgan fingerprint density at radius 3 is 2.00 bits per heavy atom. The first-order valence-corrected chi connectivity index (χ1v) is 9.50. The maximum absolute atomic E-state index is 2.56. The van der Waals surface area contributed by atoms with E-state index in [2.05, 4.69) is 18.9 Å². The Labute approximate surface area is 94.6 Å². The highest BCUT2D eigenvalue weighted by atomic mass is 35.5. The number of hydrogen-bond acceptors (Lipinski definition) is 0. The zero-order valence-corrected chi connectivity index (χ0v) is 12.1. The van der Waals surface area contributed by atoms with E-state index in [-0.39, 0.29) is 41.6 Å². The lowest BCUT2D eigenvalue weighted by molar-refractivity contribution is 0.699. The number of hydrogen-bond donors (Lipinski definition) is 0. The van der Waals surface area contributed by atoms with Gasteiger partial charge in [-0.05, 0) is 0 Å². The SMILES string of the molecule is Cl.[CH3][Mg][C](C)(C)[SiH]1CCCCC1. The Hall–Kier alpha value is 1.27. The molecule has 1 rings (SSSR count). The third kappa shape index (κ3) is 3.56. The first-order valence-electron chi connectivity index (χ1n) is 5.17. The van der Waals surface area contributed by atoms with Crippen molar-refractivity contribution in [1.29, 1.82) is 0 Å². The van der Waals surface area contributed by atoms with E-state index in [4.69, 9.17) is 0 Å². The lowest BCUT2D eigenvalue weighted by Crippen LogP contribution is -2.33. The van der Waals surface area contributed by atoms with Gasteiger partial charge in [0.1, 0.15) is 0 Å². The smallest absolute Gasteiger partial charge is 0.157 e. The van der Waals surface area contributed by atoms with E-state index in [0.29, 0.717) is 0 Å². The molecule has 0 unspecified atom stereocenters. The molecule has 1 fully saturated rings. The number of halogens is 1. The van der Waals surface area contributed by atoms with Gasteiger partial charge in [-0.3, -0.25) is 0 Å². The Morgan fingerprint density at radius 1 is 1.08 bits per heavy atom. The molecule has 0 atom stereocenters. The molecule has 0 aromatic rings. The van der Waals surface area contributed by atoms with Gasteiger partial charge in [-0.1, -0.05) is 45.2 Å². The third-order valence-corrected chi connectivity index (χ3v) is 12.8. The molecule has 0 nitrogen and oxygen atoms in total. The monoisotopic (exact) mass is 216 g/mol. The van der Waals surface area contributed by atoms with Crippen LogP contribution in [0.1, 0.15) is 33.1 Å². The highest BCUT2D eigenvalue weighted by molar-refractivity contribution is 6.74. The zero-order valence-electron chi connectivity index (χ0n) is 8.73. The summed E-state index contributed by atoms with van der Waals surface area (Å²) in [6.45, 7) is 5.11. The van der Waals surface area contributed by atoms with Crippen molar-refractivity contribution in [3.63, 3.8) is 0 Å². The van der Waals surface area contributed by atoms with Crippen LogP contribution in [0.15, 0.2) is 0 Å². The molecular weight excluding hydrogens is 196 g/mol.